The number of anilines is 2. The maximum absolute atomic E-state index is 11.6. The Labute approximate surface area is 142 Å². The number of rotatable bonds is 4. The van der Waals surface area contributed by atoms with Gasteiger partial charge in [-0.15, -0.1) is 11.3 Å². The van der Waals surface area contributed by atoms with E-state index < -0.39 is 11.7 Å². The highest BCUT2D eigenvalue weighted by molar-refractivity contribution is 9.11. The maximum Gasteiger partial charge on any atom is 0.413 e. The van der Waals surface area contributed by atoms with Gasteiger partial charge in [0.1, 0.15) is 11.4 Å². The monoisotopic (exact) mass is 383 g/mol. The molecule has 2 aromatic rings. The van der Waals surface area contributed by atoms with Crippen molar-refractivity contribution in [3.05, 3.63) is 39.1 Å². The maximum atomic E-state index is 11.6. The number of hydrogen-bond donors (Lipinski definition) is 2. The first-order valence-electron chi connectivity index (χ1n) is 6.76. The zero-order valence-corrected chi connectivity index (χ0v) is 15.0. The third kappa shape index (κ3) is 5.65. The van der Waals surface area contributed by atoms with E-state index in [4.69, 9.17) is 4.74 Å². The number of hydrogen-bond acceptors (Lipinski definition) is 5. The predicted octanol–water partition coefficient (Wildman–Crippen LogP) is 4.86. The van der Waals surface area contributed by atoms with E-state index in [2.05, 4.69) is 37.6 Å². The molecule has 2 rings (SSSR count). The Kier molecular flexibility index (Phi) is 5.42. The van der Waals surface area contributed by atoms with E-state index in [-0.39, 0.29) is 0 Å². The van der Waals surface area contributed by atoms with Crippen LogP contribution in [0.3, 0.4) is 0 Å². The second-order valence-corrected chi connectivity index (χ2v) is 8.17. The minimum Gasteiger partial charge on any atom is -0.444 e. The molecule has 0 spiro atoms. The molecule has 0 saturated carbocycles. The minimum absolute atomic E-state index is 0.457. The van der Waals surface area contributed by atoms with Crippen LogP contribution >= 0.6 is 27.3 Å². The van der Waals surface area contributed by atoms with Crippen molar-refractivity contribution in [2.45, 2.75) is 32.9 Å². The summed E-state index contributed by atoms with van der Waals surface area (Å²) in [7, 11) is 0. The van der Waals surface area contributed by atoms with Crippen molar-refractivity contribution in [3.63, 3.8) is 0 Å². The van der Waals surface area contributed by atoms with Crippen molar-refractivity contribution in [2.75, 3.05) is 10.6 Å². The molecule has 1 amide bonds. The summed E-state index contributed by atoms with van der Waals surface area (Å²) in [6.07, 6.45) is 1.17. The second kappa shape index (κ2) is 7.11. The third-order valence-corrected chi connectivity index (χ3v) is 4.11. The zero-order chi connectivity index (χ0) is 16.2. The first-order valence-corrected chi connectivity index (χ1v) is 8.37. The highest BCUT2D eigenvalue weighted by Gasteiger charge is 2.16. The van der Waals surface area contributed by atoms with Crippen LogP contribution in [0.2, 0.25) is 0 Å². The van der Waals surface area contributed by atoms with E-state index in [1.165, 1.54) is 4.88 Å². The Morgan fingerprint density at radius 3 is 2.64 bits per heavy atom. The number of amides is 1. The number of thiophene rings is 1. The van der Waals surface area contributed by atoms with Crippen LogP contribution in [0.15, 0.2) is 34.2 Å². The molecule has 0 aliphatic carbocycles. The Bertz CT molecular complexity index is 635. The van der Waals surface area contributed by atoms with E-state index in [9.17, 15) is 4.79 Å². The average Bonchev–Trinajstić information content (AvgIpc) is 2.81. The van der Waals surface area contributed by atoms with Gasteiger partial charge >= 0.3 is 6.09 Å². The van der Waals surface area contributed by atoms with Gasteiger partial charge in [0.05, 0.1) is 15.7 Å². The molecule has 0 aromatic carbocycles. The molecule has 5 nitrogen and oxygen atoms in total. The highest BCUT2D eigenvalue weighted by atomic mass is 79.9. The molecule has 0 aliphatic heterocycles. The Morgan fingerprint density at radius 1 is 1.32 bits per heavy atom. The molecule has 0 aliphatic rings. The summed E-state index contributed by atoms with van der Waals surface area (Å²) in [6, 6.07) is 7.68. The van der Waals surface area contributed by atoms with Crippen molar-refractivity contribution >= 4 is 44.9 Å². The summed E-state index contributed by atoms with van der Waals surface area (Å²) < 4.78 is 6.28. The van der Waals surface area contributed by atoms with Crippen molar-refractivity contribution < 1.29 is 9.53 Å². The van der Waals surface area contributed by atoms with E-state index in [1.807, 2.05) is 32.9 Å². The van der Waals surface area contributed by atoms with Gasteiger partial charge < -0.3 is 10.1 Å². The number of carbonyl (C=O) groups is 1. The number of aromatic nitrogens is 1. The van der Waals surface area contributed by atoms with Gasteiger partial charge in [-0.1, -0.05) is 0 Å². The summed E-state index contributed by atoms with van der Waals surface area (Å²) >= 11 is 5.12. The van der Waals surface area contributed by atoms with E-state index >= 15 is 0 Å². The van der Waals surface area contributed by atoms with Crippen LogP contribution < -0.4 is 10.6 Å². The van der Waals surface area contributed by atoms with E-state index in [0.29, 0.717) is 5.82 Å². The van der Waals surface area contributed by atoms with Crippen molar-refractivity contribution in [3.8, 4) is 0 Å². The summed E-state index contributed by atoms with van der Waals surface area (Å²) in [6.45, 7) is 6.18. The van der Waals surface area contributed by atoms with Gasteiger partial charge in [0.15, 0.2) is 0 Å². The quantitative estimate of drug-likeness (QED) is 0.790. The highest BCUT2D eigenvalue weighted by Crippen LogP contribution is 2.23. The van der Waals surface area contributed by atoms with Crippen LogP contribution in [0.1, 0.15) is 25.6 Å². The number of halogens is 1. The standard InChI is InChI=1S/C15H18BrN3O2S/c1-15(2,3)21-14(20)19-13-7-4-10(8-18-13)17-9-11-5-6-12(16)22-11/h4-8,17H,9H2,1-3H3,(H,18,19,20). The van der Waals surface area contributed by atoms with Crippen LogP contribution in [-0.2, 0) is 11.3 Å². The van der Waals surface area contributed by atoms with Gasteiger partial charge in [-0.05, 0) is 61.0 Å². The zero-order valence-electron chi connectivity index (χ0n) is 12.6. The molecule has 22 heavy (non-hydrogen) atoms. The second-order valence-electron chi connectivity index (χ2n) is 5.62. The van der Waals surface area contributed by atoms with Crippen molar-refractivity contribution in [2.24, 2.45) is 0 Å². The van der Waals surface area contributed by atoms with Crippen LogP contribution in [0, 0.1) is 0 Å². The summed E-state index contributed by atoms with van der Waals surface area (Å²) in [5, 5.41) is 5.87. The first kappa shape index (κ1) is 16.8. The molecule has 0 unspecified atom stereocenters. The number of carbonyl (C=O) groups excluding carboxylic acids is 1. The molecule has 2 N–H and O–H groups in total. The smallest absolute Gasteiger partial charge is 0.413 e. The lowest BCUT2D eigenvalue weighted by Crippen LogP contribution is -2.27. The Hall–Kier alpha value is -1.60. The largest absolute Gasteiger partial charge is 0.444 e. The van der Waals surface area contributed by atoms with Gasteiger partial charge in [0, 0.05) is 11.4 Å². The van der Waals surface area contributed by atoms with Crippen molar-refractivity contribution in [1.29, 1.82) is 0 Å². The van der Waals surface area contributed by atoms with Gasteiger partial charge in [-0.3, -0.25) is 5.32 Å². The van der Waals surface area contributed by atoms with Gasteiger partial charge in [0.2, 0.25) is 0 Å². The summed E-state index contributed by atoms with van der Waals surface area (Å²) in [4.78, 5) is 17.0. The lowest BCUT2D eigenvalue weighted by Gasteiger charge is -2.19. The SMILES string of the molecule is CC(C)(C)OC(=O)Nc1ccc(NCc2ccc(Br)s2)cn1. The molecule has 0 atom stereocenters. The van der Waals surface area contributed by atoms with Gasteiger partial charge in [0.25, 0.3) is 0 Å². The molecule has 0 radical (unpaired) electrons. The fourth-order valence-electron chi connectivity index (χ4n) is 1.62. The lowest BCUT2D eigenvalue weighted by atomic mass is 10.2. The normalized spacial score (nSPS) is 11.1. The fourth-order valence-corrected chi connectivity index (χ4v) is 3.04. The minimum atomic E-state index is -0.527. The molecular weight excluding hydrogens is 366 g/mol. The summed E-state index contributed by atoms with van der Waals surface area (Å²) in [5.41, 5.74) is 0.361. The number of nitrogens with zero attached hydrogens (tertiary/aromatic N) is 1. The van der Waals surface area contributed by atoms with Crippen LogP contribution in [0.5, 0.6) is 0 Å². The Balaban J connectivity index is 1.86. The molecule has 0 bridgehead atoms. The number of ether oxygens (including phenoxy) is 1. The Morgan fingerprint density at radius 2 is 2.09 bits per heavy atom. The lowest BCUT2D eigenvalue weighted by molar-refractivity contribution is 0.0635. The van der Waals surface area contributed by atoms with E-state index in [1.54, 1.807) is 23.6 Å². The summed E-state index contributed by atoms with van der Waals surface area (Å²) in [5.74, 6) is 0.457. The van der Waals surface area contributed by atoms with Crippen molar-refractivity contribution in [1.82, 2.24) is 4.98 Å². The number of nitrogens with one attached hydrogen (secondary N) is 2. The number of pyridine rings is 1. The van der Waals surface area contributed by atoms with E-state index in [0.717, 1.165) is 16.0 Å². The van der Waals surface area contributed by atoms with Gasteiger partial charge in [-0.25, -0.2) is 9.78 Å². The fraction of sp³-hybridized carbons (Fsp3) is 0.333. The van der Waals surface area contributed by atoms with Gasteiger partial charge in [-0.2, -0.15) is 0 Å². The van der Waals surface area contributed by atoms with Crippen LogP contribution in [0.4, 0.5) is 16.3 Å². The topological polar surface area (TPSA) is 63.2 Å². The molecule has 0 saturated heterocycles. The molecule has 7 heteroatoms. The molecular formula is C15H18BrN3O2S. The van der Waals surface area contributed by atoms with Crippen LogP contribution in [-0.4, -0.2) is 16.7 Å². The molecule has 2 heterocycles. The first-order chi connectivity index (χ1) is 10.3. The molecule has 0 fully saturated rings. The molecule has 118 valence electrons. The predicted molar refractivity (Wildman–Crippen MR) is 93.4 cm³/mol. The van der Waals surface area contributed by atoms with Crippen LogP contribution in [0.25, 0.3) is 0 Å². The average molecular weight is 384 g/mol. The molecule has 2 aromatic heterocycles. The third-order valence-electron chi connectivity index (χ3n) is 2.49.